The Morgan fingerprint density at radius 1 is 1.19 bits per heavy atom. The number of hydrogen-bond acceptors (Lipinski definition) is 7. The Morgan fingerprint density at radius 3 is 2.77 bits per heavy atom. The Bertz CT molecular complexity index is 1140. The second kappa shape index (κ2) is 7.16. The van der Waals surface area contributed by atoms with Crippen LogP contribution in [0.4, 0.5) is 15.9 Å². The molecule has 2 atom stereocenters. The SMILES string of the molecule is CNc1cc(F)cc2c1Cc1nc(Oc3cccnc3)nc(N3CC4CNCC4C3)c1-2. The van der Waals surface area contributed by atoms with E-state index in [4.69, 9.17) is 14.7 Å². The number of pyridine rings is 1. The summed E-state index contributed by atoms with van der Waals surface area (Å²) < 4.78 is 20.4. The van der Waals surface area contributed by atoms with Gasteiger partial charge in [-0.05, 0) is 47.2 Å². The quantitative estimate of drug-likeness (QED) is 0.528. The molecule has 2 saturated heterocycles. The lowest BCUT2D eigenvalue weighted by molar-refractivity contribution is 0.438. The molecular formula is C23H23FN6O. The van der Waals surface area contributed by atoms with Gasteiger partial charge < -0.3 is 20.3 Å². The molecule has 31 heavy (non-hydrogen) atoms. The zero-order chi connectivity index (χ0) is 20.9. The Hall–Kier alpha value is -3.26. The Labute approximate surface area is 179 Å². The third kappa shape index (κ3) is 3.09. The molecule has 0 bridgehead atoms. The second-order valence-corrected chi connectivity index (χ2v) is 8.43. The van der Waals surface area contributed by atoms with Crippen molar-refractivity contribution in [2.75, 3.05) is 43.4 Å². The number of ether oxygens (including phenoxy) is 1. The lowest BCUT2D eigenvalue weighted by Gasteiger charge is -2.22. The average Bonchev–Trinajstić information content (AvgIpc) is 3.46. The van der Waals surface area contributed by atoms with Crippen molar-refractivity contribution in [2.24, 2.45) is 11.8 Å². The maximum Gasteiger partial charge on any atom is 0.324 e. The van der Waals surface area contributed by atoms with E-state index in [9.17, 15) is 4.39 Å². The summed E-state index contributed by atoms with van der Waals surface area (Å²) in [6.45, 7) is 3.92. The molecule has 8 heteroatoms. The molecule has 0 spiro atoms. The van der Waals surface area contributed by atoms with Gasteiger partial charge in [0.15, 0.2) is 0 Å². The number of aromatic nitrogens is 3. The highest BCUT2D eigenvalue weighted by atomic mass is 19.1. The van der Waals surface area contributed by atoms with Gasteiger partial charge in [0.25, 0.3) is 0 Å². The highest BCUT2D eigenvalue weighted by Crippen LogP contribution is 2.46. The first kappa shape index (κ1) is 18.5. The summed E-state index contributed by atoms with van der Waals surface area (Å²) in [6.07, 6.45) is 3.96. The van der Waals surface area contributed by atoms with Crippen LogP contribution in [0.15, 0.2) is 36.7 Å². The van der Waals surface area contributed by atoms with Crippen molar-refractivity contribution in [1.29, 1.82) is 0 Å². The van der Waals surface area contributed by atoms with E-state index in [1.807, 2.05) is 19.2 Å². The normalized spacial score (nSPS) is 21.0. The van der Waals surface area contributed by atoms with Gasteiger partial charge >= 0.3 is 6.01 Å². The summed E-state index contributed by atoms with van der Waals surface area (Å²) in [7, 11) is 1.82. The predicted octanol–water partition coefficient (Wildman–Crippen LogP) is 3.07. The lowest BCUT2D eigenvalue weighted by Crippen LogP contribution is -2.27. The molecule has 3 aliphatic rings. The van der Waals surface area contributed by atoms with E-state index in [2.05, 4.69) is 20.5 Å². The van der Waals surface area contributed by atoms with Crippen molar-refractivity contribution < 1.29 is 9.13 Å². The first-order valence-electron chi connectivity index (χ1n) is 10.6. The van der Waals surface area contributed by atoms with Crippen LogP contribution >= 0.6 is 0 Å². The smallest absolute Gasteiger partial charge is 0.324 e. The predicted molar refractivity (Wildman–Crippen MR) is 116 cm³/mol. The molecule has 3 aromatic rings. The number of hydrogen-bond donors (Lipinski definition) is 2. The van der Waals surface area contributed by atoms with Gasteiger partial charge in [-0.3, -0.25) is 4.98 Å². The number of nitrogens with zero attached hydrogens (tertiary/aromatic N) is 4. The van der Waals surface area contributed by atoms with Crippen molar-refractivity contribution in [3.05, 3.63) is 53.7 Å². The summed E-state index contributed by atoms with van der Waals surface area (Å²) in [4.78, 5) is 16.0. The number of fused-ring (bicyclic) bond motifs is 4. The van der Waals surface area contributed by atoms with E-state index >= 15 is 0 Å². The van der Waals surface area contributed by atoms with Crippen molar-refractivity contribution in [1.82, 2.24) is 20.3 Å². The van der Waals surface area contributed by atoms with Crippen molar-refractivity contribution in [3.63, 3.8) is 0 Å². The fourth-order valence-electron chi connectivity index (χ4n) is 5.13. The van der Waals surface area contributed by atoms with Crippen molar-refractivity contribution in [2.45, 2.75) is 6.42 Å². The zero-order valence-electron chi connectivity index (χ0n) is 17.2. The van der Waals surface area contributed by atoms with Crippen LogP contribution in [0.1, 0.15) is 11.3 Å². The minimum absolute atomic E-state index is 0.264. The topological polar surface area (TPSA) is 75.2 Å². The largest absolute Gasteiger partial charge is 0.423 e. The van der Waals surface area contributed by atoms with Crippen molar-refractivity contribution in [3.8, 4) is 22.9 Å². The van der Waals surface area contributed by atoms with Gasteiger partial charge in [-0.25, -0.2) is 4.39 Å². The molecule has 0 amide bonds. The van der Waals surface area contributed by atoms with Crippen LogP contribution in [-0.4, -0.2) is 48.2 Å². The molecule has 6 rings (SSSR count). The fraction of sp³-hybridized carbons (Fsp3) is 0.348. The molecule has 2 aliphatic heterocycles. The van der Waals surface area contributed by atoms with Gasteiger partial charge in [-0.1, -0.05) is 0 Å². The minimum Gasteiger partial charge on any atom is -0.423 e. The lowest BCUT2D eigenvalue weighted by atomic mass is 10.0. The summed E-state index contributed by atoms with van der Waals surface area (Å²) in [6, 6.07) is 7.09. The molecular weight excluding hydrogens is 395 g/mol. The van der Waals surface area contributed by atoms with Gasteiger partial charge in [0, 0.05) is 57.1 Å². The van der Waals surface area contributed by atoms with Crippen LogP contribution in [-0.2, 0) is 6.42 Å². The van der Waals surface area contributed by atoms with E-state index in [1.165, 1.54) is 6.07 Å². The van der Waals surface area contributed by atoms with E-state index < -0.39 is 0 Å². The van der Waals surface area contributed by atoms with Crippen LogP contribution in [0, 0.1) is 17.7 Å². The fourth-order valence-corrected chi connectivity index (χ4v) is 5.13. The highest BCUT2D eigenvalue weighted by molar-refractivity contribution is 5.88. The van der Waals surface area contributed by atoms with Crippen LogP contribution in [0.25, 0.3) is 11.1 Å². The zero-order valence-corrected chi connectivity index (χ0v) is 17.2. The second-order valence-electron chi connectivity index (χ2n) is 8.43. The van der Waals surface area contributed by atoms with Crippen LogP contribution in [0.2, 0.25) is 0 Å². The number of benzene rings is 1. The van der Waals surface area contributed by atoms with Gasteiger partial charge in [0.2, 0.25) is 0 Å². The molecule has 2 fully saturated rings. The Balaban J connectivity index is 1.47. The Morgan fingerprint density at radius 2 is 2.03 bits per heavy atom. The average molecular weight is 418 g/mol. The molecule has 1 aliphatic carbocycles. The van der Waals surface area contributed by atoms with Crippen molar-refractivity contribution >= 4 is 11.5 Å². The number of rotatable bonds is 4. The van der Waals surface area contributed by atoms with E-state index in [0.717, 1.165) is 60.1 Å². The van der Waals surface area contributed by atoms with Gasteiger partial charge in [-0.15, -0.1) is 0 Å². The number of anilines is 2. The summed E-state index contributed by atoms with van der Waals surface area (Å²) in [5, 5.41) is 6.61. The maximum absolute atomic E-state index is 14.4. The molecule has 2 unspecified atom stereocenters. The molecule has 0 radical (unpaired) electrons. The monoisotopic (exact) mass is 418 g/mol. The molecule has 158 valence electrons. The van der Waals surface area contributed by atoms with Gasteiger partial charge in [0.1, 0.15) is 17.4 Å². The van der Waals surface area contributed by atoms with E-state index in [1.54, 1.807) is 18.5 Å². The van der Waals surface area contributed by atoms with Gasteiger partial charge in [0.05, 0.1) is 11.9 Å². The molecule has 4 heterocycles. The van der Waals surface area contributed by atoms with Crippen LogP contribution < -0.4 is 20.3 Å². The number of nitrogens with one attached hydrogen (secondary N) is 2. The van der Waals surface area contributed by atoms with E-state index in [-0.39, 0.29) is 5.82 Å². The molecule has 2 aromatic heterocycles. The molecule has 7 nitrogen and oxygen atoms in total. The third-order valence-electron chi connectivity index (χ3n) is 6.57. The molecule has 1 aromatic carbocycles. The minimum atomic E-state index is -0.264. The standard InChI is InChI=1S/C23H23FN6O/c1-25-19-6-15(24)5-18-17(19)7-20-21(18)22(30-11-13-8-27-9-14(13)12-30)29-23(28-20)31-16-3-2-4-26-10-16/h2-6,10,13-14,25,27H,7-9,11-12H2,1H3. The molecule has 2 N–H and O–H groups in total. The first-order valence-corrected chi connectivity index (χ1v) is 10.6. The molecule has 0 saturated carbocycles. The third-order valence-corrected chi connectivity index (χ3v) is 6.57. The van der Waals surface area contributed by atoms with E-state index in [0.29, 0.717) is 30.0 Å². The highest BCUT2D eigenvalue weighted by Gasteiger charge is 2.39. The summed E-state index contributed by atoms with van der Waals surface area (Å²) >= 11 is 0. The first-order chi connectivity index (χ1) is 15.2. The van der Waals surface area contributed by atoms with Crippen LogP contribution in [0.5, 0.6) is 11.8 Å². The Kier molecular flexibility index (Phi) is 4.27. The maximum atomic E-state index is 14.4. The summed E-state index contributed by atoms with van der Waals surface area (Å²) in [5.74, 6) is 2.38. The summed E-state index contributed by atoms with van der Waals surface area (Å²) in [5.41, 5.74) is 4.51. The van der Waals surface area contributed by atoms with Gasteiger partial charge in [-0.2, -0.15) is 9.97 Å². The van der Waals surface area contributed by atoms with Crippen LogP contribution in [0.3, 0.4) is 0 Å². The number of halogens is 1.